The van der Waals surface area contributed by atoms with Gasteiger partial charge in [0.25, 0.3) is 11.8 Å². The number of anilines is 1. The van der Waals surface area contributed by atoms with Crippen LogP contribution in [0.3, 0.4) is 0 Å². The zero-order chi connectivity index (χ0) is 22.8. The zero-order valence-corrected chi connectivity index (χ0v) is 17.1. The highest BCUT2D eigenvalue weighted by Gasteiger charge is 2.33. The van der Waals surface area contributed by atoms with E-state index in [4.69, 9.17) is 11.6 Å². The maximum absolute atomic E-state index is 12.8. The number of pyridine rings is 2. The lowest BCUT2D eigenvalue weighted by molar-refractivity contribution is -0.141. The number of hydrogen-bond donors (Lipinski definition) is 2. The van der Waals surface area contributed by atoms with E-state index in [1.165, 1.54) is 20.2 Å². The minimum atomic E-state index is -4.59. The minimum absolute atomic E-state index is 0.0116. The van der Waals surface area contributed by atoms with Crippen molar-refractivity contribution in [1.29, 1.82) is 0 Å². The number of alkyl halides is 3. The summed E-state index contributed by atoms with van der Waals surface area (Å²) in [5, 5.41) is 5.48. The van der Waals surface area contributed by atoms with E-state index >= 15 is 0 Å². The van der Waals surface area contributed by atoms with Gasteiger partial charge in [0.2, 0.25) is 0 Å². The van der Waals surface area contributed by atoms with Crippen molar-refractivity contribution in [1.82, 2.24) is 15.3 Å². The average molecular weight is 449 g/mol. The van der Waals surface area contributed by atoms with Crippen LogP contribution >= 0.6 is 11.6 Å². The highest BCUT2D eigenvalue weighted by molar-refractivity contribution is 6.33. The van der Waals surface area contributed by atoms with Gasteiger partial charge < -0.3 is 10.6 Å². The number of aryl methyl sites for hydroxylation is 1. The predicted octanol–water partition coefficient (Wildman–Crippen LogP) is 4.74. The number of amides is 2. The summed E-state index contributed by atoms with van der Waals surface area (Å²) < 4.78 is 38.3. The summed E-state index contributed by atoms with van der Waals surface area (Å²) in [4.78, 5) is 31.9. The molecule has 1 aromatic carbocycles. The van der Waals surface area contributed by atoms with E-state index in [0.717, 1.165) is 12.1 Å². The first-order valence-corrected chi connectivity index (χ1v) is 9.32. The standard InChI is InChI=1S/C21H16ClF3N4O2/c1-11-14(5-8-18(28-11)21(23,24)25)20(31)29-13-4-6-16(22)15(9-13)17-7-3-12(10-27-17)19(30)26-2/h3-10H,1-2H3,(H,26,30)(H,29,31). The van der Waals surface area contributed by atoms with E-state index in [0.29, 0.717) is 27.5 Å². The first-order chi connectivity index (χ1) is 14.6. The monoisotopic (exact) mass is 448 g/mol. The van der Waals surface area contributed by atoms with Crippen LogP contribution in [-0.4, -0.2) is 28.8 Å². The molecule has 10 heteroatoms. The molecule has 0 saturated heterocycles. The van der Waals surface area contributed by atoms with Crippen molar-refractivity contribution >= 4 is 29.1 Å². The van der Waals surface area contributed by atoms with Crippen molar-refractivity contribution in [2.75, 3.05) is 12.4 Å². The van der Waals surface area contributed by atoms with Crippen LogP contribution in [-0.2, 0) is 6.18 Å². The second-order valence-electron chi connectivity index (χ2n) is 6.49. The Morgan fingerprint density at radius 2 is 1.77 bits per heavy atom. The smallest absolute Gasteiger partial charge is 0.355 e. The maximum Gasteiger partial charge on any atom is 0.433 e. The molecule has 0 atom stereocenters. The molecule has 0 saturated carbocycles. The van der Waals surface area contributed by atoms with Crippen LogP contribution in [0.4, 0.5) is 18.9 Å². The molecule has 0 aliphatic heterocycles. The summed E-state index contributed by atoms with van der Waals surface area (Å²) in [6, 6.07) is 9.72. The van der Waals surface area contributed by atoms with Gasteiger partial charge in [0.05, 0.1) is 27.5 Å². The molecule has 0 radical (unpaired) electrons. The van der Waals surface area contributed by atoms with Crippen molar-refractivity contribution < 1.29 is 22.8 Å². The molecule has 0 aliphatic carbocycles. The summed E-state index contributed by atoms with van der Waals surface area (Å²) in [7, 11) is 1.51. The Kier molecular flexibility index (Phi) is 6.26. The summed E-state index contributed by atoms with van der Waals surface area (Å²) in [5.74, 6) is -0.901. The van der Waals surface area contributed by atoms with E-state index in [2.05, 4.69) is 20.6 Å². The van der Waals surface area contributed by atoms with Gasteiger partial charge in [-0.3, -0.25) is 14.6 Å². The Bertz CT molecular complexity index is 1150. The van der Waals surface area contributed by atoms with Crippen molar-refractivity contribution in [3.05, 3.63) is 76.2 Å². The Morgan fingerprint density at radius 3 is 2.35 bits per heavy atom. The molecule has 6 nitrogen and oxygen atoms in total. The first kappa shape index (κ1) is 22.2. The van der Waals surface area contributed by atoms with Crippen molar-refractivity contribution in [2.45, 2.75) is 13.1 Å². The molecule has 2 heterocycles. The van der Waals surface area contributed by atoms with Gasteiger partial charge in [-0.2, -0.15) is 13.2 Å². The molecule has 0 aliphatic rings. The van der Waals surface area contributed by atoms with Gasteiger partial charge in [0, 0.05) is 24.5 Å². The topological polar surface area (TPSA) is 84.0 Å². The number of halogens is 4. The number of nitrogens with one attached hydrogen (secondary N) is 2. The molecular formula is C21H16ClF3N4O2. The van der Waals surface area contributed by atoms with E-state index in [1.54, 1.807) is 30.3 Å². The average Bonchev–Trinajstić information content (AvgIpc) is 2.73. The molecule has 3 aromatic rings. The molecule has 2 N–H and O–H groups in total. The molecule has 0 spiro atoms. The van der Waals surface area contributed by atoms with Gasteiger partial charge in [-0.25, -0.2) is 4.98 Å². The Labute approximate surface area is 180 Å². The quantitative estimate of drug-likeness (QED) is 0.604. The molecule has 2 amide bonds. The van der Waals surface area contributed by atoms with Gasteiger partial charge in [0.1, 0.15) is 5.69 Å². The van der Waals surface area contributed by atoms with Crippen LogP contribution in [0.15, 0.2) is 48.7 Å². The minimum Gasteiger partial charge on any atom is -0.355 e. The summed E-state index contributed by atoms with van der Waals surface area (Å²) in [6.07, 6.45) is -3.20. The molecule has 3 rings (SSSR count). The summed E-state index contributed by atoms with van der Waals surface area (Å²) in [5.41, 5.74) is 0.608. The molecule has 0 unspecified atom stereocenters. The van der Waals surface area contributed by atoms with E-state index in [-0.39, 0.29) is 17.2 Å². The fraction of sp³-hybridized carbons (Fsp3) is 0.143. The lowest BCUT2D eigenvalue weighted by Crippen LogP contribution is -2.17. The van der Waals surface area contributed by atoms with Gasteiger partial charge in [-0.1, -0.05) is 11.6 Å². The third kappa shape index (κ3) is 5.00. The van der Waals surface area contributed by atoms with Gasteiger partial charge >= 0.3 is 6.18 Å². The maximum atomic E-state index is 12.8. The van der Waals surface area contributed by atoms with Gasteiger partial charge in [-0.05, 0) is 49.4 Å². The van der Waals surface area contributed by atoms with Crippen molar-refractivity contribution in [3.63, 3.8) is 0 Å². The van der Waals surface area contributed by atoms with E-state index < -0.39 is 17.8 Å². The largest absolute Gasteiger partial charge is 0.433 e. The Hall–Kier alpha value is -3.46. The zero-order valence-electron chi connectivity index (χ0n) is 16.3. The molecule has 0 fully saturated rings. The van der Waals surface area contributed by atoms with Crippen LogP contribution in [0.25, 0.3) is 11.3 Å². The van der Waals surface area contributed by atoms with E-state index in [1.807, 2.05) is 0 Å². The van der Waals surface area contributed by atoms with Gasteiger partial charge in [0.15, 0.2) is 0 Å². The fourth-order valence-corrected chi connectivity index (χ4v) is 3.00. The summed E-state index contributed by atoms with van der Waals surface area (Å²) >= 11 is 6.25. The van der Waals surface area contributed by atoms with Crippen molar-refractivity contribution in [2.24, 2.45) is 0 Å². The molecule has 2 aromatic heterocycles. The number of nitrogens with zero attached hydrogens (tertiary/aromatic N) is 2. The van der Waals surface area contributed by atoms with Crippen LogP contribution < -0.4 is 10.6 Å². The molecule has 0 bridgehead atoms. The number of aromatic nitrogens is 2. The van der Waals surface area contributed by atoms with E-state index in [9.17, 15) is 22.8 Å². The van der Waals surface area contributed by atoms with Crippen molar-refractivity contribution in [3.8, 4) is 11.3 Å². The van der Waals surface area contributed by atoms with Crippen LogP contribution in [0.5, 0.6) is 0 Å². The second-order valence-corrected chi connectivity index (χ2v) is 6.89. The van der Waals surface area contributed by atoms with Crippen LogP contribution in [0.1, 0.15) is 32.1 Å². The lowest BCUT2D eigenvalue weighted by Gasteiger charge is -2.12. The molecule has 31 heavy (non-hydrogen) atoms. The molecule has 160 valence electrons. The number of carbonyl (C=O) groups excluding carboxylic acids is 2. The predicted molar refractivity (Wildman–Crippen MR) is 110 cm³/mol. The summed E-state index contributed by atoms with van der Waals surface area (Å²) in [6.45, 7) is 1.33. The first-order valence-electron chi connectivity index (χ1n) is 8.94. The van der Waals surface area contributed by atoms with Gasteiger partial charge in [-0.15, -0.1) is 0 Å². The number of rotatable bonds is 4. The highest BCUT2D eigenvalue weighted by Crippen LogP contribution is 2.31. The number of carbonyl (C=O) groups is 2. The normalized spacial score (nSPS) is 11.2. The highest BCUT2D eigenvalue weighted by atomic mass is 35.5. The van der Waals surface area contributed by atoms with Crippen LogP contribution in [0.2, 0.25) is 5.02 Å². The third-order valence-corrected chi connectivity index (χ3v) is 4.70. The van der Waals surface area contributed by atoms with Crippen LogP contribution in [0, 0.1) is 6.92 Å². The number of hydrogen-bond acceptors (Lipinski definition) is 4. The SMILES string of the molecule is CNC(=O)c1ccc(-c2cc(NC(=O)c3ccc(C(F)(F)F)nc3C)ccc2Cl)nc1. The fourth-order valence-electron chi connectivity index (χ4n) is 2.79. The lowest BCUT2D eigenvalue weighted by atomic mass is 10.1. The Morgan fingerprint density at radius 1 is 1.03 bits per heavy atom. The Balaban J connectivity index is 1.85. The number of benzene rings is 1. The molecular weight excluding hydrogens is 433 g/mol. The third-order valence-electron chi connectivity index (χ3n) is 4.37. The second kappa shape index (κ2) is 8.73.